The Morgan fingerprint density at radius 1 is 1.17 bits per heavy atom. The highest BCUT2D eigenvalue weighted by atomic mass is 32.2. The number of hydrogen-bond acceptors (Lipinski definition) is 8. The maximum absolute atomic E-state index is 13.2. The number of carbonyl (C=O) groups excluding carboxylic acids is 1. The molecule has 10 nitrogen and oxygen atoms in total. The van der Waals surface area contributed by atoms with Crippen LogP contribution < -0.4 is 16.1 Å². The summed E-state index contributed by atoms with van der Waals surface area (Å²) >= 11 is 0. The topological polar surface area (TPSA) is 127 Å². The van der Waals surface area contributed by atoms with Gasteiger partial charge in [-0.1, -0.05) is 0 Å². The van der Waals surface area contributed by atoms with Gasteiger partial charge in [0.2, 0.25) is 15.9 Å². The van der Waals surface area contributed by atoms with E-state index in [0.29, 0.717) is 32.0 Å². The molecule has 4 fully saturated rings. The molecule has 1 saturated carbocycles. The van der Waals surface area contributed by atoms with Crippen molar-refractivity contribution in [3.8, 4) is 6.07 Å². The highest BCUT2D eigenvalue weighted by Gasteiger charge is 2.51. The second-order valence-electron chi connectivity index (χ2n) is 10.2. The van der Waals surface area contributed by atoms with E-state index in [1.165, 1.54) is 4.31 Å². The zero-order valence-corrected chi connectivity index (χ0v) is 21.0. The predicted molar refractivity (Wildman–Crippen MR) is 129 cm³/mol. The van der Waals surface area contributed by atoms with Gasteiger partial charge < -0.3 is 15.4 Å². The van der Waals surface area contributed by atoms with E-state index in [1.807, 2.05) is 13.8 Å². The first-order chi connectivity index (χ1) is 16.8. The number of benzene rings is 1. The van der Waals surface area contributed by atoms with E-state index in [9.17, 15) is 18.5 Å². The minimum absolute atomic E-state index is 0.00462. The Kier molecular flexibility index (Phi) is 6.76. The molecule has 3 N–H and O–H groups in total. The lowest BCUT2D eigenvalue weighted by atomic mass is 9.90. The average Bonchev–Trinajstić information content (AvgIpc) is 3.59. The van der Waals surface area contributed by atoms with Crippen molar-refractivity contribution >= 4 is 21.6 Å². The van der Waals surface area contributed by atoms with E-state index < -0.39 is 10.0 Å². The Hall–Kier alpha value is -2.23. The molecule has 11 heteroatoms. The van der Waals surface area contributed by atoms with E-state index in [4.69, 9.17) is 4.74 Å². The Morgan fingerprint density at radius 2 is 1.86 bits per heavy atom. The number of ether oxygens (including phenoxy) is 1. The molecule has 3 heterocycles. The van der Waals surface area contributed by atoms with E-state index in [2.05, 4.69) is 27.1 Å². The lowest BCUT2D eigenvalue weighted by molar-refractivity contribution is -0.128. The summed E-state index contributed by atoms with van der Waals surface area (Å²) in [4.78, 5) is 13.1. The van der Waals surface area contributed by atoms with Crippen LogP contribution in [0.25, 0.3) is 0 Å². The van der Waals surface area contributed by atoms with Gasteiger partial charge in [-0.15, -0.1) is 0 Å². The Labute approximate surface area is 207 Å². The fourth-order valence-corrected chi connectivity index (χ4v) is 7.34. The quantitative estimate of drug-likeness (QED) is 0.508. The van der Waals surface area contributed by atoms with E-state index >= 15 is 0 Å². The monoisotopic (exact) mass is 502 g/mol. The number of hydrogen-bond donors (Lipinski definition) is 3. The van der Waals surface area contributed by atoms with E-state index in [-0.39, 0.29) is 47.2 Å². The number of carbonyl (C=O) groups is 1. The third-order valence-corrected chi connectivity index (χ3v) is 9.33. The van der Waals surface area contributed by atoms with Crippen LogP contribution in [0.3, 0.4) is 0 Å². The zero-order valence-electron chi connectivity index (χ0n) is 20.2. The minimum Gasteiger partial charge on any atom is -0.373 e. The number of nitrogens with zero attached hydrogens (tertiary/aromatic N) is 3. The van der Waals surface area contributed by atoms with Crippen LogP contribution in [0.2, 0.25) is 0 Å². The van der Waals surface area contributed by atoms with Crippen LogP contribution in [0, 0.1) is 23.2 Å². The first kappa shape index (κ1) is 24.5. The molecule has 3 saturated heterocycles. The molecule has 0 radical (unpaired) electrons. The fourth-order valence-electron chi connectivity index (χ4n) is 5.75. The zero-order chi connectivity index (χ0) is 24.7. The predicted octanol–water partition coefficient (Wildman–Crippen LogP) is 1.24. The van der Waals surface area contributed by atoms with Crippen molar-refractivity contribution in [2.75, 3.05) is 25.0 Å². The van der Waals surface area contributed by atoms with Crippen LogP contribution in [0.5, 0.6) is 0 Å². The van der Waals surface area contributed by atoms with Crippen LogP contribution in [-0.2, 0) is 19.6 Å². The molecule has 190 valence electrons. The Bertz CT molecular complexity index is 1080. The number of piperidine rings is 1. The number of hydrazine groups is 1. The number of fused-ring (bicyclic) bond motifs is 1. The molecular weight excluding hydrogens is 468 g/mol. The van der Waals surface area contributed by atoms with Crippen molar-refractivity contribution < 1.29 is 17.9 Å². The second-order valence-corrected chi connectivity index (χ2v) is 12.1. The molecule has 4 aliphatic rings. The molecule has 0 spiro atoms. The number of morpholine rings is 1. The Morgan fingerprint density at radius 3 is 2.49 bits per heavy atom. The number of rotatable bonds is 7. The third-order valence-electron chi connectivity index (χ3n) is 7.49. The average molecular weight is 503 g/mol. The van der Waals surface area contributed by atoms with Crippen LogP contribution >= 0.6 is 0 Å². The van der Waals surface area contributed by atoms with Gasteiger partial charge in [0.25, 0.3) is 0 Å². The first-order valence-corrected chi connectivity index (χ1v) is 13.9. The van der Waals surface area contributed by atoms with E-state index in [0.717, 1.165) is 24.9 Å². The van der Waals surface area contributed by atoms with Gasteiger partial charge in [0.1, 0.15) is 6.17 Å². The number of amides is 1. The molecule has 3 unspecified atom stereocenters. The summed E-state index contributed by atoms with van der Waals surface area (Å²) < 4.78 is 33.5. The van der Waals surface area contributed by atoms with Gasteiger partial charge in [-0.05, 0) is 63.3 Å². The SMILES string of the molecule is C[C@@H]1CN(S(=O)(=O)c2ccc(NC3NN([C@@H](CC#N)C4CC4)C4CCNC(=O)C34)cc2)C[C@H](C)O1. The summed E-state index contributed by atoms with van der Waals surface area (Å²) in [6, 6.07) is 9.13. The van der Waals surface area contributed by atoms with Crippen LogP contribution in [0.1, 0.15) is 39.5 Å². The summed E-state index contributed by atoms with van der Waals surface area (Å²) in [6.45, 7) is 5.04. The maximum Gasteiger partial charge on any atom is 0.243 e. The summed E-state index contributed by atoms with van der Waals surface area (Å²) in [6.07, 6.45) is 2.83. The van der Waals surface area contributed by atoms with Crippen molar-refractivity contribution in [3.05, 3.63) is 24.3 Å². The molecular formula is C24H34N6O4S. The third kappa shape index (κ3) is 4.90. The molecule has 5 rings (SSSR count). The standard InChI is InChI=1S/C24H34N6O4S/c1-15-13-29(14-16(2)34-15)35(32,33)19-7-5-18(6-8-19)27-23-22-21(10-12-26-24(22)31)30(28-23)20(9-11-25)17-3-4-17/h5-8,15-17,20-23,27-28H,3-4,9-10,12-14H2,1-2H3,(H,26,31)/t15-,16+,20-,21?,22?,23?/m0/s1. The molecule has 1 aliphatic carbocycles. The van der Waals surface area contributed by atoms with Crippen molar-refractivity contribution in [3.63, 3.8) is 0 Å². The highest BCUT2D eigenvalue weighted by Crippen LogP contribution is 2.41. The van der Waals surface area contributed by atoms with Crippen LogP contribution in [-0.4, -0.2) is 73.7 Å². The molecule has 1 aromatic carbocycles. The second kappa shape index (κ2) is 9.67. The van der Waals surface area contributed by atoms with Gasteiger partial charge in [0, 0.05) is 37.4 Å². The molecule has 1 aromatic rings. The van der Waals surface area contributed by atoms with Gasteiger partial charge in [-0.3, -0.25) is 4.79 Å². The number of sulfonamides is 1. The van der Waals surface area contributed by atoms with Gasteiger partial charge in [-0.25, -0.2) is 18.9 Å². The van der Waals surface area contributed by atoms with Crippen LogP contribution in [0.15, 0.2) is 29.2 Å². The van der Waals surface area contributed by atoms with Gasteiger partial charge in [-0.2, -0.15) is 9.57 Å². The first-order valence-electron chi connectivity index (χ1n) is 12.5. The van der Waals surface area contributed by atoms with Gasteiger partial charge in [0.05, 0.1) is 35.5 Å². The lowest BCUT2D eigenvalue weighted by Crippen LogP contribution is -2.52. The van der Waals surface area contributed by atoms with Crippen molar-refractivity contribution in [2.45, 2.75) is 74.9 Å². The molecule has 1 amide bonds. The Balaban J connectivity index is 1.32. The van der Waals surface area contributed by atoms with Gasteiger partial charge in [0.15, 0.2) is 0 Å². The summed E-state index contributed by atoms with van der Waals surface area (Å²) in [5, 5.41) is 17.9. The summed E-state index contributed by atoms with van der Waals surface area (Å²) in [5.41, 5.74) is 4.22. The molecule has 6 atom stereocenters. The minimum atomic E-state index is -3.62. The molecule has 35 heavy (non-hydrogen) atoms. The number of nitrogens with one attached hydrogen (secondary N) is 3. The molecule has 0 bridgehead atoms. The fraction of sp³-hybridized carbons (Fsp3) is 0.667. The maximum atomic E-state index is 13.2. The number of nitriles is 1. The smallest absolute Gasteiger partial charge is 0.243 e. The van der Waals surface area contributed by atoms with E-state index in [1.54, 1.807) is 24.3 Å². The van der Waals surface area contributed by atoms with Crippen LogP contribution in [0.4, 0.5) is 5.69 Å². The lowest BCUT2D eigenvalue weighted by Gasteiger charge is -2.34. The number of anilines is 1. The summed E-state index contributed by atoms with van der Waals surface area (Å²) in [5.74, 6) is 0.181. The van der Waals surface area contributed by atoms with Crippen molar-refractivity contribution in [2.24, 2.45) is 11.8 Å². The van der Waals surface area contributed by atoms with Gasteiger partial charge >= 0.3 is 0 Å². The van der Waals surface area contributed by atoms with Crippen molar-refractivity contribution in [1.29, 1.82) is 5.26 Å². The van der Waals surface area contributed by atoms with Crippen molar-refractivity contribution in [1.82, 2.24) is 20.1 Å². The molecule has 3 aliphatic heterocycles. The highest BCUT2D eigenvalue weighted by molar-refractivity contribution is 7.89. The largest absolute Gasteiger partial charge is 0.373 e. The normalized spacial score (nSPS) is 32.9. The summed E-state index contributed by atoms with van der Waals surface area (Å²) in [7, 11) is -3.62. The molecule has 0 aromatic heterocycles.